The second-order valence-electron chi connectivity index (χ2n) is 10.3. The highest BCUT2D eigenvalue weighted by molar-refractivity contribution is 6.35. The van der Waals surface area contributed by atoms with Crippen LogP contribution in [0.25, 0.3) is 11.1 Å². The number of nitrogens with zero attached hydrogens (tertiary/aromatic N) is 2. The number of aromatic nitrogens is 2. The molecule has 1 aliphatic carbocycles. The van der Waals surface area contributed by atoms with Gasteiger partial charge in [-0.05, 0) is 68.5 Å². The summed E-state index contributed by atoms with van der Waals surface area (Å²) in [5, 5.41) is 16.1. The lowest BCUT2D eigenvalue weighted by atomic mass is 9.95. The second-order valence-corrected chi connectivity index (χ2v) is 11.1. The van der Waals surface area contributed by atoms with Crippen LogP contribution >= 0.6 is 23.2 Å². The maximum atomic E-state index is 14.4. The van der Waals surface area contributed by atoms with Crippen molar-refractivity contribution in [2.24, 2.45) is 11.7 Å². The van der Waals surface area contributed by atoms with E-state index in [2.05, 4.69) is 26.3 Å². The number of anilines is 2. The lowest BCUT2D eigenvalue weighted by Crippen LogP contribution is -2.24. The summed E-state index contributed by atoms with van der Waals surface area (Å²) in [5.74, 6) is -0.656. The third-order valence-electron chi connectivity index (χ3n) is 6.92. The minimum atomic E-state index is -0.790. The van der Waals surface area contributed by atoms with Crippen LogP contribution < -0.4 is 16.4 Å². The summed E-state index contributed by atoms with van der Waals surface area (Å²) in [4.78, 5) is 29.0. The molecule has 5 N–H and O–H groups in total. The average molecular weight is 635 g/mol. The smallest absolute Gasteiger partial charge is 0.303 e. The van der Waals surface area contributed by atoms with Gasteiger partial charge in [0.15, 0.2) is 11.6 Å². The standard InChI is InChI=1S/C16H25FN4O.C15H12Cl2O2.CH5N/c1-12(10-22)6-5-9-18-15-14(17)16(20-11-19-15)21-13-7-3-2-4-8-13;16-12-6-7-14(17)13(9-12)11-4-1-10(2-5-11)3-8-15(18)19;1-2/h10-13H,2-9H2,1H3,(H2,18,19,20,21);1-2,4-7,9H,3,8H2,(H,18,19);2H2,1H3. The summed E-state index contributed by atoms with van der Waals surface area (Å²) in [6, 6.07) is 13.3. The molecule has 3 aromatic rings. The van der Waals surface area contributed by atoms with Crippen LogP contribution in [0.4, 0.5) is 16.0 Å². The zero-order valence-corrected chi connectivity index (χ0v) is 26.3. The first-order valence-electron chi connectivity index (χ1n) is 14.6. The molecule has 1 fully saturated rings. The third-order valence-corrected chi connectivity index (χ3v) is 7.48. The van der Waals surface area contributed by atoms with Crippen LogP contribution in [-0.2, 0) is 16.0 Å². The Morgan fingerprint density at radius 3 is 2.42 bits per heavy atom. The van der Waals surface area contributed by atoms with Crippen molar-refractivity contribution >= 4 is 47.1 Å². The number of carboxylic acid groups (broad SMARTS) is 1. The SMILES string of the molecule is CC(C=O)CCCNc1ncnc(NC2CCCCC2)c1F.CN.O=C(O)CCc1ccc(-c2cc(Cl)ccc2Cl)cc1. The highest BCUT2D eigenvalue weighted by Gasteiger charge is 2.17. The highest BCUT2D eigenvalue weighted by Crippen LogP contribution is 2.31. The van der Waals surface area contributed by atoms with Gasteiger partial charge in [0.1, 0.15) is 12.6 Å². The van der Waals surface area contributed by atoms with Crippen molar-refractivity contribution in [3.05, 3.63) is 70.2 Å². The number of carboxylic acids is 1. The summed E-state index contributed by atoms with van der Waals surface area (Å²) in [6.07, 6.45) is 10.3. The molecule has 1 atom stereocenters. The maximum absolute atomic E-state index is 14.4. The fourth-order valence-electron chi connectivity index (χ4n) is 4.55. The molecule has 4 rings (SSSR count). The molecule has 0 radical (unpaired) electrons. The van der Waals surface area contributed by atoms with E-state index in [-0.39, 0.29) is 24.0 Å². The Balaban J connectivity index is 0.000000286. The van der Waals surface area contributed by atoms with E-state index in [1.54, 1.807) is 12.1 Å². The van der Waals surface area contributed by atoms with Crippen LogP contribution in [0.15, 0.2) is 48.8 Å². The van der Waals surface area contributed by atoms with Gasteiger partial charge in [0, 0.05) is 40.5 Å². The first kappa shape index (κ1) is 35.9. The van der Waals surface area contributed by atoms with Gasteiger partial charge < -0.3 is 26.3 Å². The van der Waals surface area contributed by atoms with Crippen LogP contribution in [0.5, 0.6) is 0 Å². The topological polar surface area (TPSA) is 130 Å². The number of rotatable bonds is 12. The number of carbonyl (C=O) groups is 2. The zero-order valence-electron chi connectivity index (χ0n) is 24.8. The largest absolute Gasteiger partial charge is 0.481 e. The normalized spacial score (nSPS) is 13.4. The molecule has 2 aromatic carbocycles. The van der Waals surface area contributed by atoms with Crippen molar-refractivity contribution in [1.82, 2.24) is 9.97 Å². The van der Waals surface area contributed by atoms with Crippen LogP contribution in [0.1, 0.15) is 63.9 Å². The molecule has 1 heterocycles. The van der Waals surface area contributed by atoms with Gasteiger partial charge in [-0.1, -0.05) is 73.7 Å². The van der Waals surface area contributed by atoms with E-state index in [1.165, 1.54) is 32.6 Å². The van der Waals surface area contributed by atoms with E-state index in [0.29, 0.717) is 29.1 Å². The van der Waals surface area contributed by atoms with Gasteiger partial charge in [0.2, 0.25) is 5.82 Å². The number of hydrogen-bond donors (Lipinski definition) is 4. The lowest BCUT2D eigenvalue weighted by molar-refractivity contribution is -0.137. The Kier molecular flexibility index (Phi) is 16.6. The van der Waals surface area contributed by atoms with E-state index in [0.717, 1.165) is 48.7 Å². The first-order valence-corrected chi connectivity index (χ1v) is 15.3. The summed E-state index contributed by atoms with van der Waals surface area (Å²) in [7, 11) is 1.50. The van der Waals surface area contributed by atoms with Crippen LogP contribution in [0.3, 0.4) is 0 Å². The summed E-state index contributed by atoms with van der Waals surface area (Å²) < 4.78 is 14.4. The van der Waals surface area contributed by atoms with Gasteiger partial charge in [0.25, 0.3) is 0 Å². The van der Waals surface area contributed by atoms with E-state index in [1.807, 2.05) is 37.3 Å². The quantitative estimate of drug-likeness (QED) is 0.118. The molecule has 0 aliphatic heterocycles. The monoisotopic (exact) mass is 633 g/mol. The molecule has 8 nitrogen and oxygen atoms in total. The maximum Gasteiger partial charge on any atom is 0.303 e. The highest BCUT2D eigenvalue weighted by atomic mass is 35.5. The fourth-order valence-corrected chi connectivity index (χ4v) is 4.95. The van der Waals surface area contributed by atoms with Crippen LogP contribution in [0, 0.1) is 11.7 Å². The van der Waals surface area contributed by atoms with E-state index in [9.17, 15) is 14.0 Å². The number of nitrogens with one attached hydrogen (secondary N) is 2. The van der Waals surface area contributed by atoms with Crippen molar-refractivity contribution < 1.29 is 19.1 Å². The van der Waals surface area contributed by atoms with E-state index >= 15 is 0 Å². The summed E-state index contributed by atoms with van der Waals surface area (Å²) in [5.41, 5.74) is 7.33. The number of hydrogen-bond acceptors (Lipinski definition) is 7. The lowest BCUT2D eigenvalue weighted by Gasteiger charge is -2.23. The Hall–Kier alpha value is -3.27. The Bertz CT molecular complexity index is 1270. The Labute approximate surface area is 263 Å². The number of carbonyl (C=O) groups excluding carboxylic acids is 1. The number of aryl methyl sites for hydroxylation is 1. The molecule has 0 amide bonds. The van der Waals surface area contributed by atoms with Gasteiger partial charge in [-0.25, -0.2) is 9.97 Å². The fraction of sp³-hybridized carbons (Fsp3) is 0.438. The zero-order chi connectivity index (χ0) is 31.6. The van der Waals surface area contributed by atoms with E-state index < -0.39 is 11.8 Å². The van der Waals surface area contributed by atoms with Crippen LogP contribution in [-0.4, -0.2) is 47.0 Å². The molecule has 1 aromatic heterocycles. The molecule has 11 heteroatoms. The third kappa shape index (κ3) is 12.9. The number of aliphatic carboxylic acids is 1. The molecule has 1 aliphatic rings. The predicted molar refractivity (Wildman–Crippen MR) is 173 cm³/mol. The van der Waals surface area contributed by atoms with Crippen LogP contribution in [0.2, 0.25) is 10.0 Å². The molecule has 1 saturated carbocycles. The van der Waals surface area contributed by atoms with Gasteiger partial charge >= 0.3 is 5.97 Å². The van der Waals surface area contributed by atoms with Gasteiger partial charge in [-0.2, -0.15) is 4.39 Å². The van der Waals surface area contributed by atoms with Gasteiger partial charge in [-0.3, -0.25) is 4.79 Å². The van der Waals surface area contributed by atoms with E-state index in [4.69, 9.17) is 28.3 Å². The van der Waals surface area contributed by atoms with Gasteiger partial charge in [-0.15, -0.1) is 0 Å². The van der Waals surface area contributed by atoms with Crippen molar-refractivity contribution in [3.8, 4) is 11.1 Å². The predicted octanol–water partition coefficient (Wildman–Crippen LogP) is 7.64. The van der Waals surface area contributed by atoms with Crippen molar-refractivity contribution in [3.63, 3.8) is 0 Å². The molecule has 43 heavy (non-hydrogen) atoms. The number of halogens is 3. The molecular formula is C32H42Cl2FN5O3. The molecular weight excluding hydrogens is 592 g/mol. The summed E-state index contributed by atoms with van der Waals surface area (Å²) >= 11 is 12.1. The minimum Gasteiger partial charge on any atom is -0.481 e. The molecule has 0 spiro atoms. The van der Waals surface area contributed by atoms with Crippen molar-refractivity contribution in [2.75, 3.05) is 24.2 Å². The van der Waals surface area contributed by atoms with Crippen molar-refractivity contribution in [1.29, 1.82) is 0 Å². The molecule has 0 bridgehead atoms. The number of nitrogens with two attached hydrogens (primary N) is 1. The average Bonchev–Trinajstić information content (AvgIpc) is 3.03. The molecule has 0 saturated heterocycles. The molecule has 1 unspecified atom stereocenters. The Morgan fingerprint density at radius 1 is 1.09 bits per heavy atom. The molecule has 234 valence electrons. The minimum absolute atomic E-state index is 0.0422. The Morgan fingerprint density at radius 2 is 1.77 bits per heavy atom. The van der Waals surface area contributed by atoms with Gasteiger partial charge in [0.05, 0.1) is 0 Å². The number of aldehydes is 1. The number of benzene rings is 2. The van der Waals surface area contributed by atoms with Crippen molar-refractivity contribution in [2.45, 2.75) is 70.8 Å². The summed E-state index contributed by atoms with van der Waals surface area (Å²) in [6.45, 7) is 2.47. The first-order chi connectivity index (χ1) is 20.8. The second kappa shape index (κ2) is 19.8.